The van der Waals surface area contributed by atoms with Crippen molar-refractivity contribution < 1.29 is 19.2 Å². The fraction of sp³-hybridized carbons (Fsp3) is 0.214. The number of aromatic nitrogens is 1. The highest BCUT2D eigenvalue weighted by Gasteiger charge is 2.16. The lowest BCUT2D eigenvalue weighted by atomic mass is 10.2. The van der Waals surface area contributed by atoms with E-state index in [-0.39, 0.29) is 34.4 Å². The molecule has 10 heteroatoms. The van der Waals surface area contributed by atoms with E-state index in [4.69, 9.17) is 16.3 Å². The number of hydrogen-bond donors (Lipinski definition) is 1. The molecule has 1 amide bonds. The van der Waals surface area contributed by atoms with E-state index in [0.717, 1.165) is 17.4 Å². The summed E-state index contributed by atoms with van der Waals surface area (Å²) in [5.74, 6) is -0.953. The van der Waals surface area contributed by atoms with Crippen LogP contribution in [-0.2, 0) is 16.0 Å². The van der Waals surface area contributed by atoms with E-state index in [2.05, 4.69) is 10.3 Å². The van der Waals surface area contributed by atoms with Gasteiger partial charge in [-0.3, -0.25) is 25.0 Å². The number of nitrogens with one attached hydrogen (secondary N) is 1. The molecule has 1 aromatic carbocycles. The zero-order chi connectivity index (χ0) is 17.7. The van der Waals surface area contributed by atoms with Gasteiger partial charge in [0, 0.05) is 17.5 Å². The van der Waals surface area contributed by atoms with E-state index in [1.165, 1.54) is 12.1 Å². The smallest absolute Gasteiger partial charge is 0.311 e. The third-order valence-corrected chi connectivity index (χ3v) is 3.93. The summed E-state index contributed by atoms with van der Waals surface area (Å²) >= 11 is 7.04. The van der Waals surface area contributed by atoms with Gasteiger partial charge in [-0.1, -0.05) is 11.6 Å². The summed E-state index contributed by atoms with van der Waals surface area (Å²) in [5.41, 5.74) is 0.357. The van der Waals surface area contributed by atoms with Gasteiger partial charge >= 0.3 is 5.97 Å². The molecule has 126 valence electrons. The topological polar surface area (TPSA) is 111 Å². The number of anilines is 1. The van der Waals surface area contributed by atoms with Gasteiger partial charge in [0.05, 0.1) is 34.2 Å². The number of esters is 1. The van der Waals surface area contributed by atoms with Crippen LogP contribution in [0.25, 0.3) is 0 Å². The van der Waals surface area contributed by atoms with Crippen molar-refractivity contribution in [1.29, 1.82) is 0 Å². The number of nitro benzene ring substituents is 1. The van der Waals surface area contributed by atoms with Gasteiger partial charge in [-0.05, 0) is 13.0 Å². The van der Waals surface area contributed by atoms with Crippen molar-refractivity contribution in [2.75, 3.05) is 11.9 Å². The predicted octanol–water partition coefficient (Wildman–Crippen LogP) is 3.06. The number of halogens is 1. The SMILES string of the molecule is CCOC(=O)Cc1csc(NC(=O)c2ccc([N+](=O)[O-])cc2Cl)n1. The van der Waals surface area contributed by atoms with Gasteiger partial charge in [0.1, 0.15) is 0 Å². The van der Waals surface area contributed by atoms with E-state index in [1.54, 1.807) is 12.3 Å². The molecule has 0 spiro atoms. The van der Waals surface area contributed by atoms with Crippen LogP contribution in [0.1, 0.15) is 23.0 Å². The van der Waals surface area contributed by atoms with Crippen molar-refractivity contribution in [2.24, 2.45) is 0 Å². The minimum atomic E-state index is -0.601. The molecule has 0 radical (unpaired) electrons. The van der Waals surface area contributed by atoms with Crippen molar-refractivity contribution in [3.63, 3.8) is 0 Å². The number of non-ortho nitro benzene ring substituents is 1. The van der Waals surface area contributed by atoms with Crippen LogP contribution in [0.3, 0.4) is 0 Å². The monoisotopic (exact) mass is 369 g/mol. The first-order valence-electron chi connectivity index (χ1n) is 6.76. The van der Waals surface area contributed by atoms with Gasteiger partial charge in [0.25, 0.3) is 11.6 Å². The molecule has 0 unspecified atom stereocenters. The molecule has 2 rings (SSSR count). The maximum Gasteiger partial charge on any atom is 0.311 e. The maximum atomic E-state index is 12.2. The molecule has 1 aromatic heterocycles. The summed E-state index contributed by atoms with van der Waals surface area (Å²) in [6, 6.07) is 3.56. The molecule has 0 saturated heterocycles. The molecule has 1 heterocycles. The summed E-state index contributed by atoms with van der Waals surface area (Å²) in [6.45, 7) is 1.99. The number of nitro groups is 1. The van der Waals surface area contributed by atoms with E-state index >= 15 is 0 Å². The number of rotatable bonds is 6. The lowest BCUT2D eigenvalue weighted by Gasteiger charge is -2.04. The lowest BCUT2D eigenvalue weighted by molar-refractivity contribution is -0.384. The minimum absolute atomic E-state index is 0.0124. The number of amides is 1. The second kappa shape index (κ2) is 7.84. The molecule has 0 atom stereocenters. The molecule has 8 nitrogen and oxygen atoms in total. The summed E-state index contributed by atoms with van der Waals surface area (Å²) in [5, 5.41) is 15.1. The number of nitrogens with zero attached hydrogens (tertiary/aromatic N) is 2. The van der Waals surface area contributed by atoms with Gasteiger partial charge in [-0.2, -0.15) is 0 Å². The van der Waals surface area contributed by atoms with Crippen molar-refractivity contribution in [3.8, 4) is 0 Å². The first-order valence-corrected chi connectivity index (χ1v) is 8.01. The van der Waals surface area contributed by atoms with Gasteiger partial charge in [0.15, 0.2) is 5.13 Å². The van der Waals surface area contributed by atoms with Crippen LogP contribution in [0.4, 0.5) is 10.8 Å². The normalized spacial score (nSPS) is 10.2. The highest BCUT2D eigenvalue weighted by Crippen LogP contribution is 2.24. The Morgan fingerprint density at radius 3 is 2.83 bits per heavy atom. The molecule has 0 saturated carbocycles. The highest BCUT2D eigenvalue weighted by molar-refractivity contribution is 7.14. The van der Waals surface area contributed by atoms with Crippen LogP contribution in [0, 0.1) is 10.1 Å². The zero-order valence-electron chi connectivity index (χ0n) is 12.4. The molecule has 0 aliphatic rings. The van der Waals surface area contributed by atoms with Crippen molar-refractivity contribution >= 4 is 45.6 Å². The molecule has 0 aliphatic heterocycles. The maximum absolute atomic E-state index is 12.2. The Labute approximate surface area is 145 Å². The van der Waals surface area contributed by atoms with Gasteiger partial charge < -0.3 is 4.74 Å². The minimum Gasteiger partial charge on any atom is -0.466 e. The second-order valence-corrected chi connectivity index (χ2v) is 5.77. The van der Waals surface area contributed by atoms with Crippen molar-refractivity contribution in [3.05, 3.63) is 50.0 Å². The average molecular weight is 370 g/mol. The molecule has 0 fully saturated rings. The standard InChI is InChI=1S/C14H12ClN3O5S/c1-2-23-12(19)5-8-7-24-14(16-8)17-13(20)10-4-3-9(18(21)22)6-11(10)15/h3-4,6-7H,2,5H2,1H3,(H,16,17,20). The molecular weight excluding hydrogens is 358 g/mol. The Kier molecular flexibility index (Phi) is 5.83. The lowest BCUT2D eigenvalue weighted by Crippen LogP contribution is -2.13. The molecule has 24 heavy (non-hydrogen) atoms. The Balaban J connectivity index is 2.06. The highest BCUT2D eigenvalue weighted by atomic mass is 35.5. The number of carbonyl (C=O) groups is 2. The third kappa shape index (κ3) is 4.49. The molecule has 0 aliphatic carbocycles. The van der Waals surface area contributed by atoms with E-state index in [9.17, 15) is 19.7 Å². The average Bonchev–Trinajstić information content (AvgIpc) is 2.93. The van der Waals surface area contributed by atoms with E-state index in [1.807, 2.05) is 0 Å². The van der Waals surface area contributed by atoms with Gasteiger partial charge in [-0.25, -0.2) is 4.98 Å². The quantitative estimate of drug-likeness (QED) is 0.475. The van der Waals surface area contributed by atoms with E-state index in [0.29, 0.717) is 5.69 Å². The summed E-state index contributed by atoms with van der Waals surface area (Å²) in [7, 11) is 0. The number of hydrogen-bond acceptors (Lipinski definition) is 7. The Morgan fingerprint density at radius 1 is 1.46 bits per heavy atom. The largest absolute Gasteiger partial charge is 0.466 e. The Bertz CT molecular complexity index is 792. The number of carbonyl (C=O) groups excluding carboxylic acids is 2. The first-order chi connectivity index (χ1) is 11.4. The second-order valence-electron chi connectivity index (χ2n) is 4.50. The van der Waals surface area contributed by atoms with Crippen LogP contribution >= 0.6 is 22.9 Å². The number of thiazole rings is 1. The van der Waals surface area contributed by atoms with Crippen LogP contribution in [0.15, 0.2) is 23.6 Å². The summed E-state index contributed by atoms with van der Waals surface area (Å²) in [6.07, 6.45) is 0.0124. The molecule has 1 N–H and O–H groups in total. The van der Waals surface area contributed by atoms with Crippen LogP contribution in [0.5, 0.6) is 0 Å². The number of ether oxygens (including phenoxy) is 1. The van der Waals surface area contributed by atoms with Crippen molar-refractivity contribution in [2.45, 2.75) is 13.3 Å². The fourth-order valence-corrected chi connectivity index (χ4v) is 2.74. The summed E-state index contributed by atoms with van der Waals surface area (Å²) < 4.78 is 4.82. The van der Waals surface area contributed by atoms with Crippen molar-refractivity contribution in [1.82, 2.24) is 4.98 Å². The van der Waals surface area contributed by atoms with Crippen LogP contribution < -0.4 is 5.32 Å². The van der Waals surface area contributed by atoms with Crippen LogP contribution in [-0.4, -0.2) is 28.4 Å². The zero-order valence-corrected chi connectivity index (χ0v) is 14.0. The van der Waals surface area contributed by atoms with Gasteiger partial charge in [0.2, 0.25) is 0 Å². The van der Waals surface area contributed by atoms with Gasteiger partial charge in [-0.15, -0.1) is 11.3 Å². The van der Waals surface area contributed by atoms with E-state index < -0.39 is 16.8 Å². The third-order valence-electron chi connectivity index (χ3n) is 2.81. The molecule has 0 bridgehead atoms. The van der Waals surface area contributed by atoms with Crippen LogP contribution in [0.2, 0.25) is 5.02 Å². The fourth-order valence-electron chi connectivity index (χ4n) is 1.77. The first kappa shape index (κ1) is 17.8. The molecule has 2 aromatic rings. The molecular formula is C14H12ClN3O5S. The predicted molar refractivity (Wildman–Crippen MR) is 88.5 cm³/mol. The number of benzene rings is 1. The Morgan fingerprint density at radius 2 is 2.21 bits per heavy atom. The Hall–Kier alpha value is -2.52. The summed E-state index contributed by atoms with van der Waals surface area (Å²) in [4.78, 5) is 37.7.